The number of aliphatic hydroxyl groups is 1. The van der Waals surface area contributed by atoms with E-state index < -0.39 is 17.4 Å². The molecule has 0 aliphatic carbocycles. The Hall–Kier alpha value is -2.20. The molecule has 2 aromatic rings. The number of hydrogen-bond donors (Lipinski definition) is 1. The fourth-order valence-electron chi connectivity index (χ4n) is 1.70. The normalized spacial score (nSPS) is 11.5. The van der Waals surface area contributed by atoms with E-state index in [1.807, 2.05) is 0 Å². The first-order valence-electron chi connectivity index (χ1n) is 6.10. The minimum Gasteiger partial charge on any atom is -0.451 e. The summed E-state index contributed by atoms with van der Waals surface area (Å²) >= 11 is 0. The van der Waals surface area contributed by atoms with Gasteiger partial charge in [0.25, 0.3) is 0 Å². The van der Waals surface area contributed by atoms with Crippen LogP contribution in [0.25, 0.3) is 6.08 Å². The Balaban J connectivity index is 2.32. The van der Waals surface area contributed by atoms with Crippen LogP contribution < -0.4 is 4.74 Å². The maximum atomic E-state index is 13.9. The lowest BCUT2D eigenvalue weighted by Crippen LogP contribution is -1.94. The SMILES string of the molecule is CC(=Cc1cc(F)c(Oc2ccccc2)c(F)c1)CO. The largest absolute Gasteiger partial charge is 0.451 e. The number of hydrogen-bond acceptors (Lipinski definition) is 2. The zero-order valence-corrected chi connectivity index (χ0v) is 10.9. The van der Waals surface area contributed by atoms with E-state index in [1.165, 1.54) is 18.2 Å². The van der Waals surface area contributed by atoms with Crippen molar-refractivity contribution in [1.82, 2.24) is 0 Å². The Morgan fingerprint density at radius 1 is 1.15 bits per heavy atom. The molecule has 0 bridgehead atoms. The van der Waals surface area contributed by atoms with Gasteiger partial charge in [-0.15, -0.1) is 0 Å². The van der Waals surface area contributed by atoms with E-state index in [-0.39, 0.29) is 6.61 Å². The standard InChI is InChI=1S/C16H14F2O2/c1-11(10-19)7-12-8-14(17)16(15(18)9-12)20-13-5-3-2-4-6-13/h2-9,19H,10H2,1H3. The molecule has 0 aromatic heterocycles. The molecular weight excluding hydrogens is 262 g/mol. The van der Waals surface area contributed by atoms with Gasteiger partial charge in [0.15, 0.2) is 17.4 Å². The van der Waals surface area contributed by atoms with Crippen molar-refractivity contribution in [2.75, 3.05) is 6.61 Å². The molecule has 0 saturated heterocycles. The first kappa shape index (κ1) is 14.2. The number of rotatable bonds is 4. The summed E-state index contributed by atoms with van der Waals surface area (Å²) in [7, 11) is 0. The van der Waals surface area contributed by atoms with E-state index in [0.717, 1.165) is 0 Å². The summed E-state index contributed by atoms with van der Waals surface area (Å²) in [6.45, 7) is 1.51. The molecule has 0 heterocycles. The Kier molecular flexibility index (Phi) is 4.48. The predicted octanol–water partition coefficient (Wildman–Crippen LogP) is 4.15. The van der Waals surface area contributed by atoms with Gasteiger partial charge >= 0.3 is 0 Å². The lowest BCUT2D eigenvalue weighted by Gasteiger charge is -2.09. The molecule has 20 heavy (non-hydrogen) atoms. The average molecular weight is 276 g/mol. The predicted molar refractivity (Wildman–Crippen MR) is 73.6 cm³/mol. The van der Waals surface area contributed by atoms with E-state index in [9.17, 15) is 8.78 Å². The topological polar surface area (TPSA) is 29.5 Å². The second-order valence-corrected chi connectivity index (χ2v) is 4.38. The van der Waals surface area contributed by atoms with Crippen LogP contribution in [-0.2, 0) is 0 Å². The second kappa shape index (κ2) is 6.30. The highest BCUT2D eigenvalue weighted by Crippen LogP contribution is 2.29. The third-order valence-electron chi connectivity index (χ3n) is 2.65. The molecule has 2 aromatic carbocycles. The van der Waals surface area contributed by atoms with Crippen LogP contribution in [0, 0.1) is 11.6 Å². The maximum Gasteiger partial charge on any atom is 0.198 e. The van der Waals surface area contributed by atoms with Gasteiger partial charge in [-0.1, -0.05) is 24.3 Å². The summed E-state index contributed by atoms with van der Waals surface area (Å²) in [6, 6.07) is 10.8. The van der Waals surface area contributed by atoms with Gasteiger partial charge in [-0.3, -0.25) is 0 Å². The van der Waals surface area contributed by atoms with Crippen molar-refractivity contribution >= 4 is 6.08 Å². The third-order valence-corrected chi connectivity index (χ3v) is 2.65. The molecule has 0 amide bonds. The summed E-state index contributed by atoms with van der Waals surface area (Å²) in [4.78, 5) is 0. The van der Waals surface area contributed by atoms with Crippen molar-refractivity contribution < 1.29 is 18.6 Å². The molecule has 1 N–H and O–H groups in total. The van der Waals surface area contributed by atoms with E-state index in [4.69, 9.17) is 9.84 Å². The number of ether oxygens (including phenoxy) is 1. The number of aliphatic hydroxyl groups excluding tert-OH is 1. The molecule has 4 heteroatoms. The second-order valence-electron chi connectivity index (χ2n) is 4.38. The van der Waals surface area contributed by atoms with Crippen molar-refractivity contribution in [3.05, 3.63) is 65.2 Å². The van der Waals surface area contributed by atoms with Crippen LogP contribution in [0.4, 0.5) is 8.78 Å². The Morgan fingerprint density at radius 2 is 1.75 bits per heavy atom. The van der Waals surface area contributed by atoms with Crippen LogP contribution in [0.3, 0.4) is 0 Å². The molecule has 0 atom stereocenters. The summed E-state index contributed by atoms with van der Waals surface area (Å²) in [5.41, 5.74) is 0.951. The molecule has 104 valence electrons. The molecule has 0 fully saturated rings. The lowest BCUT2D eigenvalue weighted by atomic mass is 10.1. The van der Waals surface area contributed by atoms with Crippen molar-refractivity contribution in [1.29, 1.82) is 0 Å². The van der Waals surface area contributed by atoms with Crippen molar-refractivity contribution in [2.45, 2.75) is 6.92 Å². The fourth-order valence-corrected chi connectivity index (χ4v) is 1.70. The molecule has 0 unspecified atom stereocenters. The molecule has 0 radical (unpaired) electrons. The average Bonchev–Trinajstić information content (AvgIpc) is 2.44. The molecule has 2 rings (SSSR count). The van der Waals surface area contributed by atoms with Gasteiger partial charge in [0.2, 0.25) is 0 Å². The van der Waals surface area contributed by atoms with Crippen molar-refractivity contribution in [3.8, 4) is 11.5 Å². The van der Waals surface area contributed by atoms with Crippen LogP contribution in [0.1, 0.15) is 12.5 Å². The van der Waals surface area contributed by atoms with Gasteiger partial charge in [-0.25, -0.2) is 8.78 Å². The summed E-state index contributed by atoms with van der Waals surface area (Å²) in [6.07, 6.45) is 1.51. The van der Waals surface area contributed by atoms with Crippen molar-refractivity contribution in [2.24, 2.45) is 0 Å². The zero-order chi connectivity index (χ0) is 14.5. The first-order chi connectivity index (χ1) is 9.60. The Morgan fingerprint density at radius 3 is 2.30 bits per heavy atom. The monoisotopic (exact) mass is 276 g/mol. The quantitative estimate of drug-likeness (QED) is 0.908. The smallest absolute Gasteiger partial charge is 0.198 e. The number of benzene rings is 2. The van der Waals surface area contributed by atoms with Gasteiger partial charge in [0, 0.05) is 0 Å². The summed E-state index contributed by atoms with van der Waals surface area (Å²) in [5.74, 6) is -1.65. The van der Waals surface area contributed by atoms with Gasteiger partial charge in [-0.2, -0.15) is 0 Å². The van der Waals surface area contributed by atoms with Gasteiger partial charge in [0.1, 0.15) is 5.75 Å². The van der Waals surface area contributed by atoms with E-state index in [1.54, 1.807) is 37.3 Å². The summed E-state index contributed by atoms with van der Waals surface area (Å²) < 4.78 is 33.0. The van der Waals surface area contributed by atoms with E-state index in [2.05, 4.69) is 0 Å². The van der Waals surface area contributed by atoms with Gasteiger partial charge in [-0.05, 0) is 42.3 Å². The minimum atomic E-state index is -0.786. The Bertz CT molecular complexity index is 599. The maximum absolute atomic E-state index is 13.9. The lowest BCUT2D eigenvalue weighted by molar-refractivity contribution is 0.332. The van der Waals surface area contributed by atoms with Crippen LogP contribution in [0.5, 0.6) is 11.5 Å². The van der Waals surface area contributed by atoms with Gasteiger partial charge in [0.05, 0.1) is 6.61 Å². The minimum absolute atomic E-state index is 0.161. The zero-order valence-electron chi connectivity index (χ0n) is 10.9. The molecule has 0 aliphatic heterocycles. The molecule has 2 nitrogen and oxygen atoms in total. The molecular formula is C16H14F2O2. The highest BCUT2D eigenvalue weighted by Gasteiger charge is 2.13. The van der Waals surface area contributed by atoms with Gasteiger partial charge < -0.3 is 9.84 Å². The Labute approximate surface area is 115 Å². The number of para-hydroxylation sites is 1. The molecule has 0 saturated carbocycles. The third kappa shape index (κ3) is 3.42. The first-order valence-corrected chi connectivity index (χ1v) is 6.10. The van der Waals surface area contributed by atoms with Crippen LogP contribution >= 0.6 is 0 Å². The van der Waals surface area contributed by atoms with E-state index in [0.29, 0.717) is 16.9 Å². The summed E-state index contributed by atoms with van der Waals surface area (Å²) in [5, 5.41) is 8.90. The fraction of sp³-hybridized carbons (Fsp3) is 0.125. The highest BCUT2D eigenvalue weighted by atomic mass is 19.1. The van der Waals surface area contributed by atoms with Crippen molar-refractivity contribution in [3.63, 3.8) is 0 Å². The van der Waals surface area contributed by atoms with E-state index >= 15 is 0 Å². The molecule has 0 spiro atoms. The highest BCUT2D eigenvalue weighted by molar-refractivity contribution is 5.54. The van der Waals surface area contributed by atoms with Crippen LogP contribution in [0.15, 0.2) is 48.0 Å². The number of halogens is 2. The van der Waals surface area contributed by atoms with Crippen LogP contribution in [-0.4, -0.2) is 11.7 Å². The molecule has 0 aliphatic rings. The van der Waals surface area contributed by atoms with Crippen LogP contribution in [0.2, 0.25) is 0 Å².